The van der Waals surface area contributed by atoms with Gasteiger partial charge >= 0.3 is 0 Å². The summed E-state index contributed by atoms with van der Waals surface area (Å²) in [5.41, 5.74) is 0.820. The lowest BCUT2D eigenvalue weighted by Gasteiger charge is -2.03. The Morgan fingerprint density at radius 3 is 2.52 bits per heavy atom. The molecular weight excluding hydrogens is 315 g/mol. The van der Waals surface area contributed by atoms with Gasteiger partial charge in [0, 0.05) is 0 Å². The summed E-state index contributed by atoms with van der Waals surface area (Å²) < 4.78 is 5.33. The summed E-state index contributed by atoms with van der Waals surface area (Å²) in [4.78, 5) is 12.2. The second kappa shape index (κ2) is 4.98. The van der Waals surface area contributed by atoms with Crippen LogP contribution in [0, 0.1) is 0 Å². The SMILES string of the molecule is O=C1C(=Cc2ccc(Cl)c(Cl)c2)Oc2c1ccc(O)c2O. The minimum Gasteiger partial charge on any atom is -0.504 e. The van der Waals surface area contributed by atoms with Crippen molar-refractivity contribution in [2.24, 2.45) is 0 Å². The number of carbonyl (C=O) groups excluding carboxylic acids is 1. The Morgan fingerprint density at radius 1 is 1.05 bits per heavy atom. The lowest BCUT2D eigenvalue weighted by molar-refractivity contribution is 0.101. The molecule has 21 heavy (non-hydrogen) atoms. The van der Waals surface area contributed by atoms with Gasteiger partial charge in [0.1, 0.15) is 0 Å². The first kappa shape index (κ1) is 13.8. The molecule has 0 aliphatic carbocycles. The number of aromatic hydroxyl groups is 2. The van der Waals surface area contributed by atoms with Gasteiger partial charge < -0.3 is 14.9 Å². The quantitative estimate of drug-likeness (QED) is 0.614. The number of carbonyl (C=O) groups is 1. The van der Waals surface area contributed by atoms with Crippen LogP contribution in [0.4, 0.5) is 0 Å². The number of halogens is 2. The summed E-state index contributed by atoms with van der Waals surface area (Å²) in [6.45, 7) is 0. The van der Waals surface area contributed by atoms with Crippen LogP contribution in [0.5, 0.6) is 17.2 Å². The van der Waals surface area contributed by atoms with Crippen LogP contribution in [0.2, 0.25) is 10.0 Å². The van der Waals surface area contributed by atoms with Gasteiger partial charge in [-0.1, -0.05) is 29.3 Å². The molecule has 2 aromatic carbocycles. The van der Waals surface area contributed by atoms with E-state index < -0.39 is 5.75 Å². The largest absolute Gasteiger partial charge is 0.504 e. The lowest BCUT2D eigenvalue weighted by Crippen LogP contribution is -1.97. The van der Waals surface area contributed by atoms with Crippen molar-refractivity contribution in [2.75, 3.05) is 0 Å². The van der Waals surface area contributed by atoms with Crippen molar-refractivity contribution in [3.8, 4) is 17.2 Å². The molecule has 106 valence electrons. The van der Waals surface area contributed by atoms with E-state index in [1.54, 1.807) is 18.2 Å². The highest BCUT2D eigenvalue weighted by molar-refractivity contribution is 6.42. The number of allylic oxidation sites excluding steroid dienone is 1. The van der Waals surface area contributed by atoms with Crippen LogP contribution in [-0.4, -0.2) is 16.0 Å². The maximum atomic E-state index is 12.2. The standard InChI is InChI=1S/C15H8Cl2O4/c16-9-3-1-7(5-10(9)17)6-12-13(19)8-2-4-11(18)14(20)15(8)21-12/h1-6,18,20H. The van der Waals surface area contributed by atoms with Gasteiger partial charge in [-0.05, 0) is 35.9 Å². The van der Waals surface area contributed by atoms with Crippen LogP contribution in [-0.2, 0) is 0 Å². The minimum absolute atomic E-state index is 0.0317. The number of benzene rings is 2. The van der Waals surface area contributed by atoms with Gasteiger partial charge in [0.05, 0.1) is 15.6 Å². The predicted octanol–water partition coefficient (Wildman–Crippen LogP) is 4.02. The van der Waals surface area contributed by atoms with Crippen LogP contribution in [0.1, 0.15) is 15.9 Å². The molecule has 0 atom stereocenters. The van der Waals surface area contributed by atoms with Gasteiger partial charge in [0.15, 0.2) is 17.3 Å². The van der Waals surface area contributed by atoms with Crippen molar-refractivity contribution in [3.05, 3.63) is 57.3 Å². The molecule has 1 aliphatic heterocycles. The molecule has 2 aromatic rings. The van der Waals surface area contributed by atoms with E-state index >= 15 is 0 Å². The molecule has 2 N–H and O–H groups in total. The van der Waals surface area contributed by atoms with E-state index in [0.29, 0.717) is 15.6 Å². The van der Waals surface area contributed by atoms with E-state index in [4.69, 9.17) is 27.9 Å². The number of fused-ring (bicyclic) bond motifs is 1. The molecule has 1 aliphatic rings. The summed E-state index contributed by atoms with van der Waals surface area (Å²) in [5, 5.41) is 19.9. The van der Waals surface area contributed by atoms with Crippen LogP contribution in [0.15, 0.2) is 36.1 Å². The third-order valence-electron chi connectivity index (χ3n) is 3.03. The molecule has 0 aromatic heterocycles. The van der Waals surface area contributed by atoms with E-state index in [0.717, 1.165) is 0 Å². The number of rotatable bonds is 1. The molecule has 0 bridgehead atoms. The van der Waals surface area contributed by atoms with Crippen molar-refractivity contribution < 1.29 is 19.7 Å². The summed E-state index contributed by atoms with van der Waals surface area (Å²) in [7, 11) is 0. The fourth-order valence-electron chi connectivity index (χ4n) is 1.98. The minimum atomic E-state index is -0.460. The van der Waals surface area contributed by atoms with Gasteiger partial charge in [0.25, 0.3) is 0 Å². The maximum Gasteiger partial charge on any atom is 0.232 e. The van der Waals surface area contributed by atoms with Crippen LogP contribution < -0.4 is 4.74 Å². The molecule has 0 amide bonds. The molecule has 0 radical (unpaired) electrons. The molecule has 0 fully saturated rings. The maximum absolute atomic E-state index is 12.2. The monoisotopic (exact) mass is 322 g/mol. The molecular formula is C15H8Cl2O4. The summed E-state index contributed by atoms with van der Waals surface area (Å²) in [6, 6.07) is 7.50. The number of hydrogen-bond acceptors (Lipinski definition) is 4. The highest BCUT2D eigenvalue weighted by Gasteiger charge is 2.31. The molecule has 0 saturated heterocycles. The van der Waals surface area contributed by atoms with Crippen LogP contribution >= 0.6 is 23.2 Å². The number of phenolic OH excluding ortho intramolecular Hbond substituents is 2. The zero-order valence-electron chi connectivity index (χ0n) is 10.4. The topological polar surface area (TPSA) is 66.8 Å². The first-order valence-corrected chi connectivity index (χ1v) is 6.67. The van der Waals surface area contributed by atoms with E-state index in [1.807, 2.05) is 0 Å². The molecule has 6 heteroatoms. The Hall–Kier alpha value is -2.17. The Morgan fingerprint density at radius 2 is 1.81 bits per heavy atom. The van der Waals surface area contributed by atoms with Gasteiger partial charge in [-0.3, -0.25) is 4.79 Å². The molecule has 3 rings (SSSR count). The number of ether oxygens (including phenoxy) is 1. The lowest BCUT2D eigenvalue weighted by atomic mass is 10.1. The number of Topliss-reactive ketones (excluding diaryl/α,β-unsaturated/α-hetero) is 1. The third-order valence-corrected chi connectivity index (χ3v) is 3.77. The van der Waals surface area contributed by atoms with E-state index in [2.05, 4.69) is 0 Å². The normalized spacial score (nSPS) is 15.1. The number of hydrogen-bond donors (Lipinski definition) is 2. The summed E-state index contributed by atoms with van der Waals surface area (Å²) in [5.74, 6) is -1.21. The third kappa shape index (κ3) is 2.33. The Bertz CT molecular complexity index is 797. The molecule has 0 saturated carbocycles. The van der Waals surface area contributed by atoms with Crippen molar-refractivity contribution in [3.63, 3.8) is 0 Å². The first-order chi connectivity index (χ1) is 9.97. The smallest absolute Gasteiger partial charge is 0.232 e. The second-order valence-electron chi connectivity index (χ2n) is 4.42. The summed E-state index contributed by atoms with van der Waals surface area (Å²) in [6.07, 6.45) is 1.49. The highest BCUT2D eigenvalue weighted by Crippen LogP contribution is 2.44. The van der Waals surface area contributed by atoms with Gasteiger partial charge in [0.2, 0.25) is 11.5 Å². The Labute approximate surface area is 129 Å². The predicted molar refractivity (Wildman–Crippen MR) is 79.2 cm³/mol. The van der Waals surface area contributed by atoms with Crippen LogP contribution in [0.25, 0.3) is 6.08 Å². The van der Waals surface area contributed by atoms with Crippen molar-refractivity contribution >= 4 is 35.1 Å². The average Bonchev–Trinajstić information content (AvgIpc) is 2.76. The summed E-state index contributed by atoms with van der Waals surface area (Å²) >= 11 is 11.7. The fourth-order valence-corrected chi connectivity index (χ4v) is 2.29. The first-order valence-electron chi connectivity index (χ1n) is 5.91. The van der Waals surface area contributed by atoms with Crippen LogP contribution in [0.3, 0.4) is 0 Å². The van der Waals surface area contributed by atoms with E-state index in [1.165, 1.54) is 18.2 Å². The fraction of sp³-hybridized carbons (Fsp3) is 0. The average molecular weight is 323 g/mol. The van der Waals surface area contributed by atoms with E-state index in [9.17, 15) is 15.0 Å². The van der Waals surface area contributed by atoms with Crippen molar-refractivity contribution in [1.82, 2.24) is 0 Å². The molecule has 1 heterocycles. The Kier molecular flexibility index (Phi) is 3.27. The molecule has 0 spiro atoms. The molecule has 4 nitrogen and oxygen atoms in total. The van der Waals surface area contributed by atoms with Gasteiger partial charge in [-0.15, -0.1) is 0 Å². The Balaban J connectivity index is 2.02. The van der Waals surface area contributed by atoms with E-state index in [-0.39, 0.29) is 28.6 Å². The highest BCUT2D eigenvalue weighted by atomic mass is 35.5. The number of ketones is 1. The van der Waals surface area contributed by atoms with Gasteiger partial charge in [-0.2, -0.15) is 0 Å². The number of phenols is 2. The second-order valence-corrected chi connectivity index (χ2v) is 5.24. The zero-order valence-corrected chi connectivity index (χ0v) is 11.9. The zero-order chi connectivity index (χ0) is 15.1. The molecule has 0 unspecified atom stereocenters. The van der Waals surface area contributed by atoms with Crippen molar-refractivity contribution in [1.29, 1.82) is 0 Å². The van der Waals surface area contributed by atoms with Crippen molar-refractivity contribution in [2.45, 2.75) is 0 Å². The van der Waals surface area contributed by atoms with Gasteiger partial charge in [-0.25, -0.2) is 0 Å².